The summed E-state index contributed by atoms with van der Waals surface area (Å²) < 4.78 is 10.1. The number of aliphatic hydroxyl groups excluding tert-OH is 1. The molecular weight excluding hydrogens is 220 g/mol. The van der Waals surface area contributed by atoms with E-state index in [0.29, 0.717) is 5.75 Å². The Hall–Kier alpha value is -1.81. The van der Waals surface area contributed by atoms with Gasteiger partial charge in [0.25, 0.3) is 0 Å². The fourth-order valence-corrected chi connectivity index (χ4v) is 1.12. The van der Waals surface area contributed by atoms with Gasteiger partial charge in [0.05, 0.1) is 0 Å². The van der Waals surface area contributed by atoms with Crippen LogP contribution in [0, 0.1) is 0 Å². The van der Waals surface area contributed by atoms with E-state index >= 15 is 0 Å². The van der Waals surface area contributed by atoms with Crippen molar-refractivity contribution in [2.45, 2.75) is 13.0 Å². The van der Waals surface area contributed by atoms with Crippen molar-refractivity contribution in [2.75, 3.05) is 13.2 Å². The average Bonchev–Trinajstić information content (AvgIpc) is 2.35. The Morgan fingerprint density at radius 3 is 2.71 bits per heavy atom. The second kappa shape index (κ2) is 7.46. The molecule has 17 heavy (non-hydrogen) atoms. The summed E-state index contributed by atoms with van der Waals surface area (Å²) in [5.74, 6) is 0.206. The minimum absolute atomic E-state index is 0.0734. The molecule has 0 aliphatic rings. The van der Waals surface area contributed by atoms with Gasteiger partial charge in [0.2, 0.25) is 0 Å². The van der Waals surface area contributed by atoms with Gasteiger partial charge in [-0.1, -0.05) is 24.3 Å². The first-order valence-electron chi connectivity index (χ1n) is 5.37. The topological polar surface area (TPSA) is 55.8 Å². The van der Waals surface area contributed by atoms with Crippen LogP contribution in [0.15, 0.2) is 42.5 Å². The normalized spacial score (nSPS) is 12.4. The fraction of sp³-hybridized carbons (Fsp3) is 0.308. The molecule has 0 aliphatic heterocycles. The largest absolute Gasteiger partial charge is 0.491 e. The van der Waals surface area contributed by atoms with Crippen LogP contribution in [0.4, 0.5) is 0 Å². The molecular formula is C13H16O4. The van der Waals surface area contributed by atoms with Crippen molar-refractivity contribution in [1.29, 1.82) is 0 Å². The maximum absolute atomic E-state index is 11.0. The van der Waals surface area contributed by atoms with Gasteiger partial charge in [-0.15, -0.1) is 0 Å². The van der Waals surface area contributed by atoms with Crippen molar-refractivity contribution in [1.82, 2.24) is 0 Å². The van der Waals surface area contributed by atoms with Crippen LogP contribution in [0.2, 0.25) is 0 Å². The summed E-state index contributed by atoms with van der Waals surface area (Å²) in [5, 5.41) is 9.50. The van der Waals surface area contributed by atoms with E-state index in [0.717, 1.165) is 0 Å². The zero-order valence-corrected chi connectivity index (χ0v) is 9.70. The molecule has 0 bridgehead atoms. The highest BCUT2D eigenvalue weighted by atomic mass is 16.5. The van der Waals surface area contributed by atoms with Crippen molar-refractivity contribution >= 4 is 5.97 Å². The Morgan fingerprint density at radius 1 is 1.35 bits per heavy atom. The van der Waals surface area contributed by atoms with E-state index in [1.807, 2.05) is 18.2 Å². The number of hydrogen-bond acceptors (Lipinski definition) is 4. The van der Waals surface area contributed by atoms with Crippen LogP contribution >= 0.6 is 0 Å². The molecule has 1 aromatic carbocycles. The third-order valence-electron chi connectivity index (χ3n) is 1.91. The molecule has 4 heteroatoms. The van der Waals surface area contributed by atoms with E-state index in [1.165, 1.54) is 6.08 Å². The molecule has 1 unspecified atom stereocenters. The SMILES string of the molecule is CC=CC(=O)OCC(O)COc1ccccc1. The second-order valence-electron chi connectivity index (χ2n) is 3.41. The molecule has 0 aliphatic carbocycles. The summed E-state index contributed by atoms with van der Waals surface area (Å²) in [7, 11) is 0. The molecule has 4 nitrogen and oxygen atoms in total. The highest BCUT2D eigenvalue weighted by molar-refractivity contribution is 5.81. The Balaban J connectivity index is 2.22. The van der Waals surface area contributed by atoms with Gasteiger partial charge in [-0.05, 0) is 19.1 Å². The van der Waals surface area contributed by atoms with E-state index in [-0.39, 0.29) is 13.2 Å². The van der Waals surface area contributed by atoms with Crippen molar-refractivity contribution in [2.24, 2.45) is 0 Å². The third-order valence-corrected chi connectivity index (χ3v) is 1.91. The van der Waals surface area contributed by atoms with Crippen molar-refractivity contribution < 1.29 is 19.4 Å². The molecule has 0 saturated heterocycles. The lowest BCUT2D eigenvalue weighted by Gasteiger charge is -2.11. The number of allylic oxidation sites excluding steroid dienone is 1. The first kappa shape index (κ1) is 13.3. The fourth-order valence-electron chi connectivity index (χ4n) is 1.12. The summed E-state index contributed by atoms with van der Waals surface area (Å²) in [6.45, 7) is 1.74. The first-order chi connectivity index (χ1) is 8.22. The zero-order chi connectivity index (χ0) is 12.5. The lowest BCUT2D eigenvalue weighted by atomic mass is 10.3. The van der Waals surface area contributed by atoms with Crippen LogP contribution < -0.4 is 4.74 Å². The van der Waals surface area contributed by atoms with E-state index in [4.69, 9.17) is 9.47 Å². The van der Waals surface area contributed by atoms with Crippen molar-refractivity contribution in [3.05, 3.63) is 42.5 Å². The molecule has 0 heterocycles. The van der Waals surface area contributed by atoms with E-state index in [2.05, 4.69) is 0 Å². The molecule has 0 radical (unpaired) electrons. The number of benzene rings is 1. The maximum Gasteiger partial charge on any atom is 0.330 e. The standard InChI is InChI=1S/C13H16O4/c1-2-6-13(15)17-10-11(14)9-16-12-7-4-3-5-8-12/h2-8,11,14H,9-10H2,1H3. The van der Waals surface area contributed by atoms with E-state index < -0.39 is 12.1 Å². The van der Waals surface area contributed by atoms with Gasteiger partial charge in [0.15, 0.2) is 0 Å². The van der Waals surface area contributed by atoms with Crippen LogP contribution in [0.1, 0.15) is 6.92 Å². The van der Waals surface area contributed by atoms with Gasteiger partial charge in [-0.2, -0.15) is 0 Å². The first-order valence-corrected chi connectivity index (χ1v) is 5.37. The van der Waals surface area contributed by atoms with Gasteiger partial charge < -0.3 is 14.6 Å². The molecule has 1 atom stereocenters. The molecule has 1 rings (SSSR count). The number of hydrogen-bond donors (Lipinski definition) is 1. The molecule has 0 amide bonds. The number of esters is 1. The molecule has 0 aromatic heterocycles. The predicted molar refractivity (Wildman–Crippen MR) is 63.7 cm³/mol. The van der Waals surface area contributed by atoms with Gasteiger partial charge in [-0.3, -0.25) is 0 Å². The summed E-state index contributed by atoms with van der Waals surface area (Å²) in [6, 6.07) is 9.14. The quantitative estimate of drug-likeness (QED) is 0.601. The summed E-state index contributed by atoms with van der Waals surface area (Å²) in [6.07, 6.45) is 2.05. The molecule has 92 valence electrons. The maximum atomic E-state index is 11.0. The van der Waals surface area contributed by atoms with Gasteiger partial charge in [-0.25, -0.2) is 4.79 Å². The van der Waals surface area contributed by atoms with Crippen molar-refractivity contribution in [3.8, 4) is 5.75 Å². The van der Waals surface area contributed by atoms with E-state index in [1.54, 1.807) is 25.1 Å². The Labute approximate surface area is 100 Å². The molecule has 0 saturated carbocycles. The van der Waals surface area contributed by atoms with Crippen molar-refractivity contribution in [3.63, 3.8) is 0 Å². The van der Waals surface area contributed by atoms with Gasteiger partial charge >= 0.3 is 5.97 Å². The Kier molecular flexibility index (Phi) is 5.82. The zero-order valence-electron chi connectivity index (χ0n) is 9.70. The van der Waals surface area contributed by atoms with Crippen LogP contribution in [-0.4, -0.2) is 30.4 Å². The lowest BCUT2D eigenvalue weighted by molar-refractivity contribution is -0.141. The van der Waals surface area contributed by atoms with Gasteiger partial charge in [0.1, 0.15) is 25.1 Å². The van der Waals surface area contributed by atoms with Crippen LogP contribution in [0.25, 0.3) is 0 Å². The highest BCUT2D eigenvalue weighted by Gasteiger charge is 2.07. The molecule has 1 aromatic rings. The minimum atomic E-state index is -0.829. The summed E-state index contributed by atoms with van der Waals surface area (Å²) >= 11 is 0. The Bertz CT molecular complexity index is 359. The number of aliphatic hydroxyl groups is 1. The molecule has 1 N–H and O–H groups in total. The number of carbonyl (C=O) groups is 1. The average molecular weight is 236 g/mol. The number of carbonyl (C=O) groups excluding carboxylic acids is 1. The van der Waals surface area contributed by atoms with Gasteiger partial charge in [0, 0.05) is 6.08 Å². The van der Waals surface area contributed by atoms with Crippen LogP contribution in [-0.2, 0) is 9.53 Å². The third kappa shape index (κ3) is 5.73. The van der Waals surface area contributed by atoms with E-state index in [9.17, 15) is 9.90 Å². The number of rotatable bonds is 6. The summed E-state index contributed by atoms with van der Waals surface area (Å²) in [5.41, 5.74) is 0. The Morgan fingerprint density at radius 2 is 2.06 bits per heavy atom. The minimum Gasteiger partial charge on any atom is -0.491 e. The van der Waals surface area contributed by atoms with Crippen LogP contribution in [0.3, 0.4) is 0 Å². The molecule has 0 spiro atoms. The number of ether oxygens (including phenoxy) is 2. The second-order valence-corrected chi connectivity index (χ2v) is 3.41. The monoisotopic (exact) mass is 236 g/mol. The lowest BCUT2D eigenvalue weighted by Crippen LogP contribution is -2.24. The predicted octanol–water partition coefficient (Wildman–Crippen LogP) is 1.55. The van der Waals surface area contributed by atoms with Crippen LogP contribution in [0.5, 0.6) is 5.75 Å². The molecule has 0 fully saturated rings. The highest BCUT2D eigenvalue weighted by Crippen LogP contribution is 2.08. The number of para-hydroxylation sites is 1. The smallest absolute Gasteiger partial charge is 0.330 e. The summed E-state index contributed by atoms with van der Waals surface area (Å²) in [4.78, 5) is 11.0.